The molecule has 0 aliphatic heterocycles. The summed E-state index contributed by atoms with van der Waals surface area (Å²) in [6.07, 6.45) is 7.38. The standard InChI is InChI=1S/C23H27N3O2/c1-16-5-3-6-18(13-16)21(28)26-23-9-4-8-22(15-23,10-11-23)20(27)14-19-7-12-24-17(2)25-19/h3,5-7,12-13H,4,8-11,14-15H2,1-2H3,(H,26,28). The maximum Gasteiger partial charge on any atom is 0.251 e. The lowest BCUT2D eigenvalue weighted by Gasteiger charge is -2.39. The number of carbonyl (C=O) groups is 2. The molecule has 5 heteroatoms. The summed E-state index contributed by atoms with van der Waals surface area (Å²) in [5.41, 5.74) is 1.98. The van der Waals surface area contributed by atoms with E-state index in [-0.39, 0.29) is 22.6 Å². The van der Waals surface area contributed by atoms with E-state index in [0.717, 1.165) is 49.8 Å². The Bertz CT molecular complexity index is 926. The van der Waals surface area contributed by atoms with Crippen molar-refractivity contribution in [2.75, 3.05) is 0 Å². The largest absolute Gasteiger partial charge is 0.347 e. The summed E-state index contributed by atoms with van der Waals surface area (Å²) < 4.78 is 0. The van der Waals surface area contributed by atoms with Crippen LogP contribution in [-0.2, 0) is 11.2 Å². The molecule has 1 aromatic heterocycles. The van der Waals surface area contributed by atoms with Crippen LogP contribution in [0.25, 0.3) is 0 Å². The van der Waals surface area contributed by atoms with Crippen LogP contribution in [0, 0.1) is 19.3 Å². The van der Waals surface area contributed by atoms with Gasteiger partial charge >= 0.3 is 0 Å². The van der Waals surface area contributed by atoms with Crippen molar-refractivity contribution in [1.29, 1.82) is 0 Å². The molecule has 2 fully saturated rings. The number of benzene rings is 1. The summed E-state index contributed by atoms with van der Waals surface area (Å²) in [4.78, 5) is 34.6. The van der Waals surface area contributed by atoms with Gasteiger partial charge in [0.05, 0.1) is 5.69 Å². The van der Waals surface area contributed by atoms with Gasteiger partial charge in [0.2, 0.25) is 0 Å². The van der Waals surface area contributed by atoms with Gasteiger partial charge in [0, 0.05) is 29.1 Å². The summed E-state index contributed by atoms with van der Waals surface area (Å²) in [5, 5.41) is 3.30. The number of hydrogen-bond donors (Lipinski definition) is 1. The van der Waals surface area contributed by atoms with Gasteiger partial charge in [-0.15, -0.1) is 0 Å². The number of ketones is 1. The molecule has 2 aliphatic rings. The number of aryl methyl sites for hydroxylation is 2. The molecule has 2 saturated carbocycles. The van der Waals surface area contributed by atoms with E-state index in [9.17, 15) is 9.59 Å². The zero-order valence-corrected chi connectivity index (χ0v) is 16.6. The Morgan fingerprint density at radius 1 is 1.11 bits per heavy atom. The minimum Gasteiger partial charge on any atom is -0.347 e. The summed E-state index contributed by atoms with van der Waals surface area (Å²) in [6, 6.07) is 9.50. The van der Waals surface area contributed by atoms with Crippen molar-refractivity contribution in [3.8, 4) is 0 Å². The predicted octanol–water partition coefficient (Wildman–Crippen LogP) is 3.73. The van der Waals surface area contributed by atoms with Crippen molar-refractivity contribution < 1.29 is 9.59 Å². The molecule has 4 rings (SSSR count). The Hall–Kier alpha value is -2.56. The molecular formula is C23H27N3O2. The molecular weight excluding hydrogens is 350 g/mol. The molecule has 2 bridgehead atoms. The highest BCUT2D eigenvalue weighted by molar-refractivity contribution is 5.95. The maximum absolute atomic E-state index is 13.2. The van der Waals surface area contributed by atoms with Crippen LogP contribution in [0.3, 0.4) is 0 Å². The second-order valence-electron chi connectivity index (χ2n) is 8.61. The average molecular weight is 377 g/mol. The normalized spacial score (nSPS) is 26.1. The molecule has 0 radical (unpaired) electrons. The monoisotopic (exact) mass is 377 g/mol. The van der Waals surface area contributed by atoms with Gasteiger partial charge in [-0.3, -0.25) is 9.59 Å². The Balaban J connectivity index is 1.49. The van der Waals surface area contributed by atoms with Crippen molar-refractivity contribution in [3.05, 3.63) is 59.2 Å². The minimum atomic E-state index is -0.322. The number of amides is 1. The van der Waals surface area contributed by atoms with Crippen LogP contribution in [0.2, 0.25) is 0 Å². The van der Waals surface area contributed by atoms with Crippen molar-refractivity contribution in [3.63, 3.8) is 0 Å². The number of hydrogen-bond acceptors (Lipinski definition) is 4. The van der Waals surface area contributed by atoms with Gasteiger partial charge in [-0.2, -0.15) is 0 Å². The SMILES string of the molecule is Cc1cccc(C(=O)NC23CCCC(C(=O)Cc4ccnc(C)n4)(CC2)C3)c1. The van der Waals surface area contributed by atoms with Crippen molar-refractivity contribution in [2.24, 2.45) is 5.41 Å². The lowest BCUT2D eigenvalue weighted by atomic mass is 9.69. The highest BCUT2D eigenvalue weighted by Gasteiger charge is 2.54. The van der Waals surface area contributed by atoms with Gasteiger partial charge in [0.15, 0.2) is 0 Å². The van der Waals surface area contributed by atoms with Crippen molar-refractivity contribution >= 4 is 11.7 Å². The number of aromatic nitrogens is 2. The first-order valence-electron chi connectivity index (χ1n) is 10.1. The van der Waals surface area contributed by atoms with Crippen LogP contribution in [0.4, 0.5) is 0 Å². The van der Waals surface area contributed by atoms with Crippen molar-refractivity contribution in [2.45, 2.75) is 64.3 Å². The van der Waals surface area contributed by atoms with Gasteiger partial charge in [-0.05, 0) is 64.2 Å². The second kappa shape index (κ2) is 7.12. The maximum atomic E-state index is 13.2. The molecule has 0 saturated heterocycles. The van der Waals surface area contributed by atoms with Crippen molar-refractivity contribution in [1.82, 2.24) is 15.3 Å². The van der Waals surface area contributed by atoms with E-state index in [1.165, 1.54) is 0 Å². The average Bonchev–Trinajstić information content (AvgIpc) is 2.93. The molecule has 0 spiro atoms. The third-order valence-electron chi connectivity index (χ3n) is 6.50. The Morgan fingerprint density at radius 3 is 2.75 bits per heavy atom. The first-order chi connectivity index (χ1) is 13.4. The molecule has 146 valence electrons. The van der Waals surface area contributed by atoms with Gasteiger partial charge in [-0.1, -0.05) is 24.1 Å². The van der Waals surface area contributed by atoms with Crippen LogP contribution in [0.1, 0.15) is 66.0 Å². The van der Waals surface area contributed by atoms with Crippen LogP contribution in [0.15, 0.2) is 36.5 Å². The van der Waals surface area contributed by atoms with Crippen LogP contribution in [0.5, 0.6) is 0 Å². The third-order valence-corrected chi connectivity index (χ3v) is 6.50. The quantitative estimate of drug-likeness (QED) is 0.862. The van der Waals surface area contributed by atoms with E-state index in [2.05, 4.69) is 15.3 Å². The van der Waals surface area contributed by atoms with Gasteiger partial charge < -0.3 is 5.32 Å². The van der Waals surface area contributed by atoms with E-state index >= 15 is 0 Å². The van der Waals surface area contributed by atoms with E-state index in [1.54, 1.807) is 6.20 Å². The van der Waals surface area contributed by atoms with Crippen LogP contribution < -0.4 is 5.32 Å². The number of Topliss-reactive ketones (excluding diaryl/α,β-unsaturated/α-hetero) is 1. The lowest BCUT2D eigenvalue weighted by molar-refractivity contribution is -0.129. The number of carbonyl (C=O) groups excluding carboxylic acids is 2. The number of nitrogens with one attached hydrogen (secondary N) is 1. The summed E-state index contributed by atoms with van der Waals surface area (Å²) in [5.74, 6) is 0.926. The zero-order valence-electron chi connectivity index (χ0n) is 16.6. The molecule has 1 heterocycles. The highest BCUT2D eigenvalue weighted by Crippen LogP contribution is 2.54. The number of nitrogens with zero attached hydrogens (tertiary/aromatic N) is 2. The summed E-state index contributed by atoms with van der Waals surface area (Å²) >= 11 is 0. The fourth-order valence-corrected chi connectivity index (χ4v) is 5.10. The predicted molar refractivity (Wildman–Crippen MR) is 107 cm³/mol. The fraction of sp³-hybridized carbons (Fsp3) is 0.478. The molecule has 1 N–H and O–H groups in total. The molecule has 2 atom stereocenters. The van der Waals surface area contributed by atoms with E-state index in [1.807, 2.05) is 44.2 Å². The first-order valence-corrected chi connectivity index (χ1v) is 10.1. The molecule has 1 amide bonds. The van der Waals surface area contributed by atoms with Gasteiger partial charge in [0.1, 0.15) is 11.6 Å². The molecule has 2 aromatic rings. The van der Waals surface area contributed by atoms with Crippen LogP contribution in [-0.4, -0.2) is 27.2 Å². The second-order valence-corrected chi connectivity index (χ2v) is 8.61. The number of rotatable bonds is 5. The Morgan fingerprint density at radius 2 is 1.96 bits per heavy atom. The molecule has 28 heavy (non-hydrogen) atoms. The topological polar surface area (TPSA) is 72.0 Å². The Kier molecular flexibility index (Phi) is 4.77. The fourth-order valence-electron chi connectivity index (χ4n) is 5.10. The Labute approximate surface area is 166 Å². The van der Waals surface area contributed by atoms with E-state index in [0.29, 0.717) is 17.8 Å². The summed E-state index contributed by atoms with van der Waals surface area (Å²) in [6.45, 7) is 3.83. The van der Waals surface area contributed by atoms with Crippen LogP contribution >= 0.6 is 0 Å². The van der Waals surface area contributed by atoms with E-state index in [4.69, 9.17) is 0 Å². The third kappa shape index (κ3) is 3.58. The first kappa shape index (κ1) is 18.8. The lowest BCUT2D eigenvalue weighted by Crippen LogP contribution is -2.50. The van der Waals surface area contributed by atoms with Gasteiger partial charge in [0.25, 0.3) is 5.91 Å². The number of fused-ring (bicyclic) bond motifs is 2. The molecule has 5 nitrogen and oxygen atoms in total. The zero-order chi connectivity index (χ0) is 19.8. The van der Waals surface area contributed by atoms with Gasteiger partial charge in [-0.25, -0.2) is 9.97 Å². The molecule has 2 unspecified atom stereocenters. The summed E-state index contributed by atoms with van der Waals surface area (Å²) in [7, 11) is 0. The van der Waals surface area contributed by atoms with E-state index < -0.39 is 0 Å². The highest BCUT2D eigenvalue weighted by atomic mass is 16.2. The smallest absolute Gasteiger partial charge is 0.251 e. The molecule has 2 aliphatic carbocycles. The molecule has 1 aromatic carbocycles. The minimum absolute atomic E-state index is 0.0275.